The Morgan fingerprint density at radius 3 is 3.08 bits per heavy atom. The maximum atomic E-state index is 14.8. The van der Waals surface area contributed by atoms with E-state index in [1.807, 2.05) is 6.19 Å². The highest BCUT2D eigenvalue weighted by Crippen LogP contribution is 2.28. The summed E-state index contributed by atoms with van der Waals surface area (Å²) in [4.78, 5) is 13.5. The Balaban J connectivity index is 1.73. The van der Waals surface area contributed by atoms with E-state index in [0.717, 1.165) is 5.56 Å². The van der Waals surface area contributed by atoms with Crippen molar-refractivity contribution in [3.8, 4) is 17.5 Å². The van der Waals surface area contributed by atoms with Gasteiger partial charge in [0.1, 0.15) is 5.69 Å². The molecule has 1 unspecified atom stereocenters. The van der Waals surface area contributed by atoms with Crippen molar-refractivity contribution in [2.75, 3.05) is 18.4 Å². The smallest absolute Gasteiger partial charge is 0.266 e. The number of amides is 1. The van der Waals surface area contributed by atoms with Crippen molar-refractivity contribution in [1.29, 1.82) is 5.26 Å². The van der Waals surface area contributed by atoms with E-state index in [1.165, 1.54) is 11.0 Å². The number of piperidine rings is 1. The van der Waals surface area contributed by atoms with E-state index in [-0.39, 0.29) is 18.8 Å². The number of nitriles is 1. The molecular weight excluding hydrogens is 335 g/mol. The lowest BCUT2D eigenvalue weighted by Crippen LogP contribution is -2.50. The number of hydrogen-bond donors (Lipinski definition) is 1. The third-order valence-corrected chi connectivity index (χ3v) is 4.09. The number of anilines is 1. The second kappa shape index (κ2) is 6.49. The third kappa shape index (κ3) is 3.34. The first-order valence-corrected chi connectivity index (χ1v) is 7.76. The van der Waals surface area contributed by atoms with Crippen LogP contribution in [0.15, 0.2) is 34.9 Å². The molecule has 1 fully saturated rings. The second-order valence-corrected chi connectivity index (χ2v) is 6.07. The molecule has 2 heterocycles. The minimum Gasteiger partial charge on any atom is -0.338 e. The summed E-state index contributed by atoms with van der Waals surface area (Å²) < 4.78 is 19.8. The van der Waals surface area contributed by atoms with Crippen LogP contribution in [0, 0.1) is 11.5 Å². The third-order valence-electron chi connectivity index (χ3n) is 3.86. The van der Waals surface area contributed by atoms with E-state index >= 15 is 0 Å². The van der Waals surface area contributed by atoms with Crippen LogP contribution in [0.5, 0.6) is 0 Å². The Morgan fingerprint density at radius 1 is 1.50 bits per heavy atom. The Kier molecular flexibility index (Phi) is 4.40. The van der Waals surface area contributed by atoms with Gasteiger partial charge in [0, 0.05) is 23.2 Å². The van der Waals surface area contributed by atoms with Crippen LogP contribution < -0.4 is 5.32 Å². The molecule has 1 amide bonds. The van der Waals surface area contributed by atoms with Crippen LogP contribution in [-0.2, 0) is 4.79 Å². The van der Waals surface area contributed by atoms with Crippen LogP contribution >= 0.6 is 11.6 Å². The first-order chi connectivity index (χ1) is 11.5. The summed E-state index contributed by atoms with van der Waals surface area (Å²) in [7, 11) is 0. The molecule has 1 aromatic carbocycles. The Hall–Kier alpha value is -2.59. The van der Waals surface area contributed by atoms with Crippen LogP contribution in [0.2, 0.25) is 5.02 Å². The molecule has 1 saturated heterocycles. The molecule has 2 aromatic rings. The number of carbonyl (C=O) groups excluding carboxylic acids is 1. The van der Waals surface area contributed by atoms with E-state index in [4.69, 9.17) is 21.4 Å². The van der Waals surface area contributed by atoms with Crippen molar-refractivity contribution >= 4 is 23.4 Å². The van der Waals surface area contributed by atoms with Gasteiger partial charge in [0.25, 0.3) is 5.91 Å². The molecule has 0 bridgehead atoms. The molecule has 124 valence electrons. The molecule has 0 radical (unpaired) electrons. The van der Waals surface area contributed by atoms with Gasteiger partial charge < -0.3 is 9.42 Å². The number of carbonyl (C=O) groups is 1. The second-order valence-electron chi connectivity index (χ2n) is 5.63. The van der Waals surface area contributed by atoms with Gasteiger partial charge in [-0.1, -0.05) is 28.9 Å². The molecule has 1 atom stereocenters. The number of likely N-dealkylation sites (tertiary alicyclic amines) is 1. The predicted octanol–water partition coefficient (Wildman–Crippen LogP) is 3.22. The zero-order valence-electron chi connectivity index (χ0n) is 12.6. The van der Waals surface area contributed by atoms with Gasteiger partial charge in [0.2, 0.25) is 11.6 Å². The number of hydrogen-bond acceptors (Lipinski definition) is 5. The molecule has 3 rings (SSSR count). The summed E-state index contributed by atoms with van der Waals surface area (Å²) in [6.45, 7) is 0.196. The normalized spacial score (nSPS) is 20.5. The van der Waals surface area contributed by atoms with Gasteiger partial charge in [-0.15, -0.1) is 0 Å². The first kappa shape index (κ1) is 16.3. The van der Waals surface area contributed by atoms with Gasteiger partial charge in [-0.2, -0.15) is 5.26 Å². The summed E-state index contributed by atoms with van der Waals surface area (Å²) in [6, 6.07) is 8.48. The minimum absolute atomic E-state index is 0.0427. The van der Waals surface area contributed by atoms with Gasteiger partial charge in [-0.05, 0) is 25.0 Å². The Bertz CT molecular complexity index is 803. The number of nitrogens with one attached hydrogen (secondary N) is 1. The molecule has 1 aromatic heterocycles. The van der Waals surface area contributed by atoms with Gasteiger partial charge in [0.15, 0.2) is 6.19 Å². The highest BCUT2D eigenvalue weighted by molar-refractivity contribution is 6.30. The first-order valence-electron chi connectivity index (χ1n) is 7.38. The molecule has 1 aliphatic rings. The molecule has 0 spiro atoms. The lowest BCUT2D eigenvalue weighted by molar-refractivity contribution is -0.130. The molecule has 1 N–H and O–H groups in total. The highest BCUT2D eigenvalue weighted by Gasteiger charge is 2.43. The fourth-order valence-electron chi connectivity index (χ4n) is 2.62. The van der Waals surface area contributed by atoms with Crippen molar-refractivity contribution in [2.24, 2.45) is 0 Å². The SMILES string of the molecule is N#CN1CCCC(F)(C(=O)Nc2cc(-c3cccc(Cl)c3)no2)C1. The van der Waals surface area contributed by atoms with E-state index < -0.39 is 11.6 Å². The number of alkyl halides is 1. The summed E-state index contributed by atoms with van der Waals surface area (Å²) >= 11 is 5.92. The number of benzene rings is 1. The summed E-state index contributed by atoms with van der Waals surface area (Å²) in [5.41, 5.74) is -0.935. The van der Waals surface area contributed by atoms with Crippen molar-refractivity contribution in [1.82, 2.24) is 10.1 Å². The molecule has 8 heteroatoms. The average Bonchev–Trinajstić information content (AvgIpc) is 3.03. The number of halogens is 2. The largest absolute Gasteiger partial charge is 0.338 e. The molecule has 0 aliphatic carbocycles. The van der Waals surface area contributed by atoms with Crippen molar-refractivity contribution in [3.05, 3.63) is 35.4 Å². The van der Waals surface area contributed by atoms with Crippen molar-refractivity contribution in [2.45, 2.75) is 18.5 Å². The lowest BCUT2D eigenvalue weighted by atomic mass is 9.94. The van der Waals surface area contributed by atoms with E-state index in [2.05, 4.69) is 10.5 Å². The van der Waals surface area contributed by atoms with Crippen molar-refractivity contribution in [3.63, 3.8) is 0 Å². The fraction of sp³-hybridized carbons (Fsp3) is 0.312. The minimum atomic E-state index is -2.13. The maximum Gasteiger partial charge on any atom is 0.266 e. The number of rotatable bonds is 3. The van der Waals surface area contributed by atoms with Crippen LogP contribution in [0.1, 0.15) is 12.8 Å². The van der Waals surface area contributed by atoms with Gasteiger partial charge in [-0.3, -0.25) is 10.1 Å². The number of nitrogens with zero attached hydrogens (tertiary/aromatic N) is 3. The van der Waals surface area contributed by atoms with E-state index in [1.54, 1.807) is 24.3 Å². The number of aromatic nitrogens is 1. The fourth-order valence-corrected chi connectivity index (χ4v) is 2.81. The maximum absolute atomic E-state index is 14.8. The highest BCUT2D eigenvalue weighted by atomic mass is 35.5. The Morgan fingerprint density at radius 2 is 2.33 bits per heavy atom. The molecular formula is C16H14ClFN4O2. The van der Waals surface area contributed by atoms with Gasteiger partial charge >= 0.3 is 0 Å². The molecule has 24 heavy (non-hydrogen) atoms. The zero-order valence-corrected chi connectivity index (χ0v) is 13.4. The van der Waals surface area contributed by atoms with E-state index in [0.29, 0.717) is 23.7 Å². The summed E-state index contributed by atoms with van der Waals surface area (Å²) in [5.74, 6) is -0.794. The van der Waals surface area contributed by atoms with Crippen LogP contribution in [-0.4, -0.2) is 34.7 Å². The Labute approximate surface area is 142 Å². The zero-order chi connectivity index (χ0) is 17.2. The van der Waals surface area contributed by atoms with Gasteiger partial charge in [0.05, 0.1) is 6.54 Å². The van der Waals surface area contributed by atoms with E-state index in [9.17, 15) is 9.18 Å². The average molecular weight is 349 g/mol. The van der Waals surface area contributed by atoms with Crippen LogP contribution in [0.25, 0.3) is 11.3 Å². The van der Waals surface area contributed by atoms with Crippen molar-refractivity contribution < 1.29 is 13.7 Å². The van der Waals surface area contributed by atoms with Crippen LogP contribution in [0.3, 0.4) is 0 Å². The van der Waals surface area contributed by atoms with Gasteiger partial charge in [-0.25, -0.2) is 4.39 Å². The standard InChI is InChI=1S/C16H14ClFN4O2/c17-12-4-1-3-11(7-12)13-8-14(24-21-13)20-15(23)16(18)5-2-6-22(9-16)10-19/h1,3-4,7-8H,2,5-6,9H2,(H,20,23). The quantitative estimate of drug-likeness (QED) is 0.861. The topological polar surface area (TPSA) is 82.2 Å². The van der Waals surface area contributed by atoms with Crippen LogP contribution in [0.4, 0.5) is 10.3 Å². The predicted molar refractivity (Wildman–Crippen MR) is 85.8 cm³/mol. The lowest BCUT2D eigenvalue weighted by Gasteiger charge is -2.32. The molecule has 0 saturated carbocycles. The molecule has 1 aliphatic heterocycles. The monoisotopic (exact) mass is 348 g/mol. The summed E-state index contributed by atoms with van der Waals surface area (Å²) in [5, 5.41) is 15.7. The molecule has 6 nitrogen and oxygen atoms in total. The summed E-state index contributed by atoms with van der Waals surface area (Å²) in [6.07, 6.45) is 2.37.